The minimum Gasteiger partial charge on any atom is -0.330 e. The van der Waals surface area contributed by atoms with Crippen LogP contribution >= 0.6 is 0 Å². The summed E-state index contributed by atoms with van der Waals surface area (Å²) >= 11 is 0. The molecule has 0 aliphatic rings. The van der Waals surface area contributed by atoms with Gasteiger partial charge in [0.1, 0.15) is 5.84 Å². The van der Waals surface area contributed by atoms with E-state index in [-0.39, 0.29) is 0 Å². The van der Waals surface area contributed by atoms with E-state index in [1.165, 1.54) is 0 Å². The number of hydrazone groups is 1. The number of hydrazine groups is 1. The van der Waals surface area contributed by atoms with Crippen LogP contribution in [0.15, 0.2) is 5.10 Å². The summed E-state index contributed by atoms with van der Waals surface area (Å²) < 4.78 is 0. The molecule has 0 fully saturated rings. The van der Waals surface area contributed by atoms with E-state index in [4.69, 9.17) is 17.4 Å². The first-order valence-electron chi connectivity index (χ1n) is 2.78. The van der Waals surface area contributed by atoms with Crippen LogP contribution in [0.2, 0.25) is 0 Å². The first-order valence-corrected chi connectivity index (χ1v) is 2.78. The highest BCUT2D eigenvalue weighted by Crippen LogP contribution is 1.84. The average molecular weight is 131 g/mol. The van der Waals surface area contributed by atoms with Crippen LogP contribution in [0.5, 0.6) is 0 Å². The molecule has 0 aliphatic heterocycles. The second-order valence-electron chi connectivity index (χ2n) is 1.61. The minimum atomic E-state index is 0.584. The Morgan fingerprint density at radius 3 is 2.56 bits per heavy atom. The number of hydrogen-bond acceptors (Lipinski definition) is 4. The van der Waals surface area contributed by atoms with Crippen molar-refractivity contribution in [1.82, 2.24) is 5.43 Å². The summed E-state index contributed by atoms with van der Waals surface area (Å²) in [6.45, 7) is 0.626. The van der Waals surface area contributed by atoms with Crippen LogP contribution in [0.1, 0.15) is 12.8 Å². The largest absolute Gasteiger partial charge is 0.330 e. The summed E-state index contributed by atoms with van der Waals surface area (Å²) in [7, 11) is 0. The summed E-state index contributed by atoms with van der Waals surface area (Å²) in [6.07, 6.45) is 1.56. The van der Waals surface area contributed by atoms with E-state index in [0.29, 0.717) is 18.8 Å². The van der Waals surface area contributed by atoms with Gasteiger partial charge in [-0.3, -0.25) is 0 Å². The van der Waals surface area contributed by atoms with Gasteiger partial charge < -0.3 is 17.0 Å². The number of nitrogens with one attached hydrogen (secondary N) is 1. The molecule has 0 atom stereocenters. The monoisotopic (exact) mass is 131 g/mol. The van der Waals surface area contributed by atoms with E-state index < -0.39 is 0 Å². The zero-order valence-corrected chi connectivity index (χ0v) is 5.30. The predicted octanol–water partition coefficient (Wildman–Crippen LogP) is -1.54. The first kappa shape index (κ1) is 8.19. The van der Waals surface area contributed by atoms with Gasteiger partial charge in [-0.25, -0.2) is 5.84 Å². The molecule has 0 aromatic carbocycles. The fraction of sp³-hybridized carbons (Fsp3) is 0.750. The number of nitrogens with two attached hydrogens (primary N) is 3. The van der Waals surface area contributed by atoms with Crippen LogP contribution in [0, 0.1) is 0 Å². The van der Waals surface area contributed by atoms with E-state index in [9.17, 15) is 0 Å². The number of nitrogens with zero attached hydrogens (tertiary/aromatic N) is 1. The van der Waals surface area contributed by atoms with Gasteiger partial charge in [-0.15, -0.1) is 0 Å². The highest BCUT2D eigenvalue weighted by molar-refractivity contribution is 5.81. The second kappa shape index (κ2) is 5.33. The molecule has 0 bridgehead atoms. The van der Waals surface area contributed by atoms with Crippen molar-refractivity contribution >= 4 is 5.84 Å². The van der Waals surface area contributed by atoms with Gasteiger partial charge in [-0.2, -0.15) is 5.10 Å². The van der Waals surface area contributed by atoms with Gasteiger partial charge in [0.25, 0.3) is 0 Å². The van der Waals surface area contributed by atoms with Gasteiger partial charge in [0.05, 0.1) is 0 Å². The van der Waals surface area contributed by atoms with Crippen molar-refractivity contribution in [3.05, 3.63) is 0 Å². The van der Waals surface area contributed by atoms with Gasteiger partial charge in [0.2, 0.25) is 0 Å². The Bertz CT molecular complexity index is 89.0. The topological polar surface area (TPSA) is 102 Å². The Morgan fingerprint density at radius 1 is 1.56 bits per heavy atom. The molecule has 9 heavy (non-hydrogen) atoms. The zero-order valence-electron chi connectivity index (χ0n) is 5.30. The van der Waals surface area contributed by atoms with Gasteiger partial charge >= 0.3 is 0 Å². The lowest BCUT2D eigenvalue weighted by Crippen LogP contribution is -2.31. The lowest BCUT2D eigenvalue weighted by atomic mass is 10.3. The van der Waals surface area contributed by atoms with E-state index in [1.54, 1.807) is 0 Å². The standard InChI is InChI=1S/C4H13N5/c5-3-1-2-4(8-6)9-7/h1-3,5-7H2,(H,8,9). The van der Waals surface area contributed by atoms with Crippen molar-refractivity contribution in [1.29, 1.82) is 0 Å². The van der Waals surface area contributed by atoms with E-state index in [0.717, 1.165) is 6.42 Å². The van der Waals surface area contributed by atoms with Crippen LogP contribution in [-0.4, -0.2) is 12.4 Å². The van der Waals surface area contributed by atoms with Crippen LogP contribution in [0.3, 0.4) is 0 Å². The third kappa shape index (κ3) is 3.75. The molecule has 7 N–H and O–H groups in total. The Labute approximate surface area is 54.2 Å². The third-order valence-corrected chi connectivity index (χ3v) is 0.940. The highest BCUT2D eigenvalue weighted by atomic mass is 15.3. The lowest BCUT2D eigenvalue weighted by molar-refractivity contribution is 0.835. The van der Waals surface area contributed by atoms with Crippen molar-refractivity contribution in [3.63, 3.8) is 0 Å². The maximum atomic E-state index is 5.22. The molecule has 0 aliphatic carbocycles. The predicted molar refractivity (Wildman–Crippen MR) is 37.2 cm³/mol. The molecule has 0 radical (unpaired) electrons. The van der Waals surface area contributed by atoms with E-state index in [2.05, 4.69) is 10.5 Å². The van der Waals surface area contributed by atoms with Gasteiger partial charge in [-0.1, -0.05) is 0 Å². The molecule has 54 valence electrons. The Morgan fingerprint density at radius 2 is 2.22 bits per heavy atom. The fourth-order valence-corrected chi connectivity index (χ4v) is 0.443. The molecule has 0 saturated heterocycles. The summed E-state index contributed by atoms with van der Waals surface area (Å²) in [4.78, 5) is 0. The van der Waals surface area contributed by atoms with Crippen LogP contribution in [-0.2, 0) is 0 Å². The van der Waals surface area contributed by atoms with Crippen LogP contribution in [0.25, 0.3) is 0 Å². The van der Waals surface area contributed by atoms with Gasteiger partial charge in [0.15, 0.2) is 0 Å². The number of hydrogen-bond donors (Lipinski definition) is 4. The van der Waals surface area contributed by atoms with Crippen LogP contribution in [0.4, 0.5) is 0 Å². The molecule has 5 nitrogen and oxygen atoms in total. The first-order chi connectivity index (χ1) is 4.35. The molecule has 0 rings (SSSR count). The maximum absolute atomic E-state index is 5.22. The molecule has 0 saturated carbocycles. The molecule has 0 amide bonds. The molecule has 0 spiro atoms. The molecular formula is C4H13N5. The molecule has 5 heteroatoms. The van der Waals surface area contributed by atoms with Crippen molar-refractivity contribution in [2.24, 2.45) is 22.5 Å². The van der Waals surface area contributed by atoms with Crippen molar-refractivity contribution in [2.45, 2.75) is 12.8 Å². The van der Waals surface area contributed by atoms with Crippen LogP contribution < -0.4 is 22.8 Å². The maximum Gasteiger partial charge on any atom is 0.135 e. The summed E-state index contributed by atoms with van der Waals surface area (Å²) in [5.41, 5.74) is 7.58. The smallest absolute Gasteiger partial charge is 0.135 e. The average Bonchev–Trinajstić information content (AvgIpc) is 1.91. The Kier molecular flexibility index (Phi) is 4.85. The molecule has 0 aromatic rings. The summed E-state index contributed by atoms with van der Waals surface area (Å²) in [5.74, 6) is 10.5. The van der Waals surface area contributed by atoms with Crippen molar-refractivity contribution in [3.8, 4) is 0 Å². The zero-order chi connectivity index (χ0) is 7.11. The molecule has 0 unspecified atom stereocenters. The van der Waals surface area contributed by atoms with E-state index in [1.807, 2.05) is 0 Å². The molecule has 0 aromatic heterocycles. The number of rotatable bonds is 3. The van der Waals surface area contributed by atoms with Crippen molar-refractivity contribution in [2.75, 3.05) is 6.54 Å². The minimum absolute atomic E-state index is 0.584. The summed E-state index contributed by atoms with van der Waals surface area (Å²) in [5, 5.41) is 3.37. The fourth-order valence-electron chi connectivity index (χ4n) is 0.443. The van der Waals surface area contributed by atoms with E-state index >= 15 is 0 Å². The summed E-state index contributed by atoms with van der Waals surface area (Å²) in [6, 6.07) is 0. The SMILES string of the molecule is NCCC/C(=N/N)NN. The quantitative estimate of drug-likeness (QED) is 0.161. The second-order valence-corrected chi connectivity index (χ2v) is 1.61. The Balaban J connectivity index is 3.33. The lowest BCUT2D eigenvalue weighted by Gasteiger charge is -2.00. The number of amidine groups is 1. The molecular weight excluding hydrogens is 118 g/mol. The highest BCUT2D eigenvalue weighted by Gasteiger charge is 1.91. The normalized spacial score (nSPS) is 11.6. The van der Waals surface area contributed by atoms with Gasteiger partial charge in [-0.05, 0) is 13.0 Å². The Hall–Kier alpha value is -0.810. The van der Waals surface area contributed by atoms with Gasteiger partial charge in [0, 0.05) is 6.42 Å². The third-order valence-electron chi connectivity index (χ3n) is 0.940. The van der Waals surface area contributed by atoms with Crippen molar-refractivity contribution < 1.29 is 0 Å². The molecule has 0 heterocycles.